The van der Waals surface area contributed by atoms with Crippen molar-refractivity contribution in [3.8, 4) is 0 Å². The van der Waals surface area contributed by atoms with E-state index >= 15 is 0 Å². The first-order chi connectivity index (χ1) is 13.7. The van der Waals surface area contributed by atoms with Crippen LogP contribution in [0.4, 0.5) is 5.69 Å². The minimum atomic E-state index is 0. The van der Waals surface area contributed by atoms with Gasteiger partial charge in [0.05, 0.1) is 13.2 Å². The van der Waals surface area contributed by atoms with E-state index in [-0.39, 0.29) is 24.0 Å². The van der Waals surface area contributed by atoms with Gasteiger partial charge in [0.1, 0.15) is 0 Å². The van der Waals surface area contributed by atoms with Crippen molar-refractivity contribution in [2.24, 2.45) is 16.8 Å². The number of aliphatic imine (C=N–C) groups is 1. The number of ether oxygens (including phenoxy) is 1. The average Bonchev–Trinajstić information content (AvgIpc) is 3.24. The number of piperidine rings is 1. The highest BCUT2D eigenvalue weighted by Crippen LogP contribution is 2.23. The van der Waals surface area contributed by atoms with Crippen LogP contribution in [0.3, 0.4) is 0 Å². The smallest absolute Gasteiger partial charge is 0.193 e. The molecule has 2 heterocycles. The zero-order valence-electron chi connectivity index (χ0n) is 17.8. The van der Waals surface area contributed by atoms with Crippen LogP contribution in [0.1, 0.15) is 31.7 Å². The van der Waals surface area contributed by atoms with E-state index in [1.807, 2.05) is 0 Å². The van der Waals surface area contributed by atoms with Gasteiger partial charge in [-0.25, -0.2) is 4.99 Å². The summed E-state index contributed by atoms with van der Waals surface area (Å²) < 4.78 is 5.50. The minimum absolute atomic E-state index is 0. The van der Waals surface area contributed by atoms with Crippen molar-refractivity contribution in [1.82, 2.24) is 10.2 Å². The highest BCUT2D eigenvalue weighted by Gasteiger charge is 2.20. The molecule has 1 aromatic carbocycles. The summed E-state index contributed by atoms with van der Waals surface area (Å²) in [5, 5.41) is 12.7. The third-order valence-electron chi connectivity index (χ3n) is 5.84. The maximum atomic E-state index is 9.30. The molecule has 2 N–H and O–H groups in total. The van der Waals surface area contributed by atoms with Crippen molar-refractivity contribution in [3.63, 3.8) is 0 Å². The summed E-state index contributed by atoms with van der Waals surface area (Å²) in [6, 6.07) is 8.78. The first-order valence-corrected chi connectivity index (χ1v) is 10.7. The van der Waals surface area contributed by atoms with Crippen molar-refractivity contribution in [3.05, 3.63) is 29.8 Å². The van der Waals surface area contributed by atoms with Crippen LogP contribution in [0, 0.1) is 11.8 Å². The van der Waals surface area contributed by atoms with E-state index in [2.05, 4.69) is 53.4 Å². The fourth-order valence-corrected chi connectivity index (χ4v) is 4.02. The molecule has 3 rings (SSSR count). The molecule has 0 amide bonds. The lowest BCUT2D eigenvalue weighted by Crippen LogP contribution is -2.41. The Kier molecular flexibility index (Phi) is 10.5. The number of nitrogens with zero attached hydrogens (tertiary/aromatic N) is 3. The predicted octanol–water partition coefficient (Wildman–Crippen LogP) is 2.95. The summed E-state index contributed by atoms with van der Waals surface area (Å²) in [7, 11) is 2.11. The lowest BCUT2D eigenvalue weighted by Gasteiger charge is -2.32. The van der Waals surface area contributed by atoms with E-state index in [9.17, 15) is 5.11 Å². The van der Waals surface area contributed by atoms with Gasteiger partial charge in [-0.2, -0.15) is 0 Å². The van der Waals surface area contributed by atoms with Crippen molar-refractivity contribution in [2.75, 3.05) is 57.9 Å². The summed E-state index contributed by atoms with van der Waals surface area (Å²) in [5.74, 6) is 2.04. The molecule has 2 aliphatic heterocycles. The van der Waals surface area contributed by atoms with Crippen LogP contribution in [0.15, 0.2) is 29.3 Å². The van der Waals surface area contributed by atoms with Crippen LogP contribution in [-0.4, -0.2) is 69.0 Å². The first kappa shape index (κ1) is 24.2. The Morgan fingerprint density at radius 2 is 1.93 bits per heavy atom. The van der Waals surface area contributed by atoms with Crippen LogP contribution in [0.2, 0.25) is 0 Å². The molecule has 2 saturated heterocycles. The fraction of sp³-hybridized carbons (Fsp3) is 0.682. The molecule has 6 nitrogen and oxygen atoms in total. The number of hydrogen-bond acceptors (Lipinski definition) is 4. The van der Waals surface area contributed by atoms with E-state index in [4.69, 9.17) is 9.73 Å². The SMILES string of the molecule is CCNC(=NCc1ccc(N2CCC(CO)CC2)cc1)N(C)CC1CCOC1.I. The minimum Gasteiger partial charge on any atom is -0.396 e. The summed E-state index contributed by atoms with van der Waals surface area (Å²) in [5.41, 5.74) is 2.50. The van der Waals surface area contributed by atoms with Gasteiger partial charge < -0.3 is 25.0 Å². The molecular formula is C22H37IN4O2. The molecular weight excluding hydrogens is 479 g/mol. The van der Waals surface area contributed by atoms with Gasteiger partial charge in [0, 0.05) is 58.0 Å². The van der Waals surface area contributed by atoms with Gasteiger partial charge in [-0.15, -0.1) is 24.0 Å². The second-order valence-electron chi connectivity index (χ2n) is 8.06. The van der Waals surface area contributed by atoms with E-state index in [0.717, 1.165) is 64.6 Å². The third-order valence-corrected chi connectivity index (χ3v) is 5.84. The number of benzene rings is 1. The Hall–Kier alpha value is -1.06. The maximum absolute atomic E-state index is 9.30. The Morgan fingerprint density at radius 3 is 2.52 bits per heavy atom. The third kappa shape index (κ3) is 7.29. The number of aliphatic hydroxyl groups excluding tert-OH is 1. The van der Waals surface area contributed by atoms with Gasteiger partial charge in [-0.3, -0.25) is 0 Å². The van der Waals surface area contributed by atoms with E-state index in [1.165, 1.54) is 11.3 Å². The highest BCUT2D eigenvalue weighted by atomic mass is 127. The molecule has 0 aromatic heterocycles. The molecule has 2 fully saturated rings. The van der Waals surface area contributed by atoms with Crippen molar-refractivity contribution < 1.29 is 9.84 Å². The number of hydrogen-bond donors (Lipinski definition) is 2. The van der Waals surface area contributed by atoms with Crippen LogP contribution in [0.25, 0.3) is 0 Å². The van der Waals surface area contributed by atoms with Gasteiger partial charge in [-0.05, 0) is 49.8 Å². The standard InChI is InChI=1S/C22H36N4O2.HI/c1-3-23-22(25(2)15-20-10-13-28-17-20)24-14-18-4-6-21(7-5-18)26-11-8-19(16-27)9-12-26;/h4-7,19-20,27H,3,8-17H2,1-2H3,(H,23,24);1H. The maximum Gasteiger partial charge on any atom is 0.193 e. The second kappa shape index (κ2) is 12.6. The first-order valence-electron chi connectivity index (χ1n) is 10.7. The molecule has 164 valence electrons. The summed E-state index contributed by atoms with van der Waals surface area (Å²) in [6.45, 7) is 8.77. The Balaban J connectivity index is 0.00000300. The fourth-order valence-electron chi connectivity index (χ4n) is 4.02. The Labute approximate surface area is 192 Å². The lowest BCUT2D eigenvalue weighted by molar-refractivity contribution is 0.181. The van der Waals surface area contributed by atoms with E-state index < -0.39 is 0 Å². The monoisotopic (exact) mass is 516 g/mol. The number of nitrogens with one attached hydrogen (secondary N) is 1. The van der Waals surface area contributed by atoms with Crippen molar-refractivity contribution >= 4 is 35.6 Å². The van der Waals surface area contributed by atoms with Gasteiger partial charge in [0.25, 0.3) is 0 Å². The molecule has 1 atom stereocenters. The topological polar surface area (TPSA) is 60.3 Å². The van der Waals surface area contributed by atoms with Gasteiger partial charge in [0.15, 0.2) is 5.96 Å². The zero-order chi connectivity index (χ0) is 19.8. The normalized spacial score (nSPS) is 20.4. The molecule has 0 radical (unpaired) electrons. The molecule has 7 heteroatoms. The molecule has 0 bridgehead atoms. The molecule has 0 aliphatic carbocycles. The quantitative estimate of drug-likeness (QED) is 0.332. The summed E-state index contributed by atoms with van der Waals surface area (Å²) in [4.78, 5) is 9.48. The predicted molar refractivity (Wildman–Crippen MR) is 130 cm³/mol. The van der Waals surface area contributed by atoms with Gasteiger partial charge in [0.2, 0.25) is 0 Å². The molecule has 0 spiro atoms. The average molecular weight is 516 g/mol. The van der Waals surface area contributed by atoms with Crippen LogP contribution >= 0.6 is 24.0 Å². The number of aliphatic hydroxyl groups is 1. The zero-order valence-corrected chi connectivity index (χ0v) is 20.2. The number of halogens is 1. The van der Waals surface area contributed by atoms with E-state index in [1.54, 1.807) is 0 Å². The molecule has 1 aromatic rings. The van der Waals surface area contributed by atoms with E-state index in [0.29, 0.717) is 25.0 Å². The van der Waals surface area contributed by atoms with Crippen LogP contribution < -0.4 is 10.2 Å². The Bertz CT molecular complexity index is 612. The molecule has 0 saturated carbocycles. The summed E-state index contributed by atoms with van der Waals surface area (Å²) in [6.07, 6.45) is 3.29. The highest BCUT2D eigenvalue weighted by molar-refractivity contribution is 14.0. The number of guanidine groups is 1. The largest absolute Gasteiger partial charge is 0.396 e. The molecule has 29 heavy (non-hydrogen) atoms. The Morgan fingerprint density at radius 1 is 1.21 bits per heavy atom. The lowest BCUT2D eigenvalue weighted by atomic mass is 9.97. The van der Waals surface area contributed by atoms with Crippen molar-refractivity contribution in [1.29, 1.82) is 0 Å². The summed E-state index contributed by atoms with van der Waals surface area (Å²) >= 11 is 0. The number of rotatable bonds is 7. The van der Waals surface area contributed by atoms with Crippen LogP contribution in [0.5, 0.6) is 0 Å². The number of anilines is 1. The van der Waals surface area contributed by atoms with Crippen LogP contribution in [-0.2, 0) is 11.3 Å². The van der Waals surface area contributed by atoms with Crippen molar-refractivity contribution in [2.45, 2.75) is 32.7 Å². The molecule has 1 unspecified atom stereocenters. The van der Waals surface area contributed by atoms with Gasteiger partial charge in [-0.1, -0.05) is 12.1 Å². The van der Waals surface area contributed by atoms with Gasteiger partial charge >= 0.3 is 0 Å². The molecule has 2 aliphatic rings. The second-order valence-corrected chi connectivity index (χ2v) is 8.06.